The number of aromatic nitrogens is 1. The van der Waals surface area contributed by atoms with Gasteiger partial charge in [0.1, 0.15) is 4.88 Å². The van der Waals surface area contributed by atoms with Gasteiger partial charge in [0.15, 0.2) is 11.8 Å². The predicted molar refractivity (Wildman–Crippen MR) is 106 cm³/mol. The van der Waals surface area contributed by atoms with E-state index >= 15 is 0 Å². The highest BCUT2D eigenvalue weighted by atomic mass is 32.1. The molecular formula is C21H24N3O2S+. The smallest absolute Gasteiger partial charge is 0.263 e. The maximum atomic E-state index is 13.0. The highest BCUT2D eigenvalue weighted by Gasteiger charge is 2.30. The quantitative estimate of drug-likeness (QED) is 0.689. The summed E-state index contributed by atoms with van der Waals surface area (Å²) in [4.78, 5) is 19.7. The molecule has 2 aromatic heterocycles. The van der Waals surface area contributed by atoms with Crippen molar-refractivity contribution in [2.75, 3.05) is 19.6 Å². The van der Waals surface area contributed by atoms with Gasteiger partial charge < -0.3 is 14.6 Å². The van der Waals surface area contributed by atoms with Crippen LogP contribution in [0.3, 0.4) is 0 Å². The first-order valence-electron chi connectivity index (χ1n) is 9.41. The first-order chi connectivity index (χ1) is 13.2. The standard InChI is InChI=1S/C21H23N3O2S/c1-15-23-19(16-8-3-2-4-9-16)20(27-15)21(25)22-14-17(18-10-7-13-26-18)24-11-5-6-12-24/h2-4,7-10,13,17H,5-6,11-12,14H2,1H3,(H,22,25)/p+1/t17-/m0/s1. The lowest BCUT2D eigenvalue weighted by Crippen LogP contribution is -3.11. The minimum Gasteiger partial charge on any atom is -0.463 e. The van der Waals surface area contributed by atoms with Crippen molar-refractivity contribution in [1.82, 2.24) is 10.3 Å². The minimum absolute atomic E-state index is 0.0605. The van der Waals surface area contributed by atoms with E-state index in [-0.39, 0.29) is 11.9 Å². The number of amides is 1. The van der Waals surface area contributed by atoms with Crippen molar-refractivity contribution in [3.63, 3.8) is 0 Å². The molecule has 3 heterocycles. The lowest BCUT2D eigenvalue weighted by Gasteiger charge is -2.23. The molecule has 0 aliphatic carbocycles. The lowest BCUT2D eigenvalue weighted by molar-refractivity contribution is -0.919. The van der Waals surface area contributed by atoms with Gasteiger partial charge in [0.2, 0.25) is 0 Å². The van der Waals surface area contributed by atoms with Crippen LogP contribution in [0.2, 0.25) is 0 Å². The van der Waals surface area contributed by atoms with E-state index in [0.29, 0.717) is 11.4 Å². The number of carbonyl (C=O) groups excluding carboxylic acids is 1. The molecule has 0 unspecified atom stereocenters. The summed E-state index contributed by atoms with van der Waals surface area (Å²) in [5, 5.41) is 4.03. The summed E-state index contributed by atoms with van der Waals surface area (Å²) in [7, 11) is 0. The van der Waals surface area contributed by atoms with E-state index in [9.17, 15) is 4.79 Å². The zero-order chi connectivity index (χ0) is 18.6. The van der Waals surface area contributed by atoms with Gasteiger partial charge in [0, 0.05) is 18.4 Å². The molecule has 1 saturated heterocycles. The highest BCUT2D eigenvalue weighted by Crippen LogP contribution is 2.28. The highest BCUT2D eigenvalue weighted by molar-refractivity contribution is 7.14. The summed E-state index contributed by atoms with van der Waals surface area (Å²) in [6.07, 6.45) is 4.17. The molecule has 3 aromatic rings. The van der Waals surface area contributed by atoms with E-state index in [1.54, 1.807) is 6.26 Å². The number of furan rings is 1. The average Bonchev–Trinajstić information content (AvgIpc) is 3.45. The molecule has 0 bridgehead atoms. The maximum absolute atomic E-state index is 13.0. The molecule has 6 heteroatoms. The number of nitrogens with zero attached hydrogens (tertiary/aromatic N) is 1. The van der Waals surface area contributed by atoms with Gasteiger partial charge in [-0.25, -0.2) is 4.98 Å². The topological polar surface area (TPSA) is 59.6 Å². The Morgan fingerprint density at radius 3 is 2.70 bits per heavy atom. The third-order valence-corrected chi connectivity index (χ3v) is 6.05. The summed E-state index contributed by atoms with van der Waals surface area (Å²) < 4.78 is 5.66. The summed E-state index contributed by atoms with van der Waals surface area (Å²) in [6.45, 7) is 4.74. The fourth-order valence-corrected chi connectivity index (χ4v) is 4.62. The van der Waals surface area contributed by atoms with Crippen molar-refractivity contribution in [3.05, 3.63) is 64.4 Å². The summed E-state index contributed by atoms with van der Waals surface area (Å²) >= 11 is 1.45. The number of rotatable bonds is 6. The Hall–Kier alpha value is -2.44. The molecule has 2 N–H and O–H groups in total. The molecule has 1 aliphatic heterocycles. The number of nitrogens with one attached hydrogen (secondary N) is 2. The molecule has 1 aliphatic rings. The Bertz CT molecular complexity index is 884. The van der Waals surface area contributed by atoms with Crippen molar-refractivity contribution in [2.45, 2.75) is 25.8 Å². The number of hydrogen-bond acceptors (Lipinski definition) is 4. The monoisotopic (exact) mass is 382 g/mol. The van der Waals surface area contributed by atoms with E-state index in [0.717, 1.165) is 35.1 Å². The van der Waals surface area contributed by atoms with Crippen LogP contribution in [0.25, 0.3) is 11.3 Å². The average molecular weight is 383 g/mol. The van der Waals surface area contributed by atoms with Gasteiger partial charge in [-0.15, -0.1) is 11.3 Å². The summed E-state index contributed by atoms with van der Waals surface area (Å²) in [6, 6.07) is 14.0. The largest absolute Gasteiger partial charge is 0.463 e. The van der Waals surface area contributed by atoms with Crippen LogP contribution in [0.4, 0.5) is 0 Å². The van der Waals surface area contributed by atoms with Gasteiger partial charge in [-0.2, -0.15) is 0 Å². The molecule has 140 valence electrons. The number of hydrogen-bond donors (Lipinski definition) is 2. The number of benzene rings is 1. The summed E-state index contributed by atoms with van der Waals surface area (Å²) in [5.41, 5.74) is 1.73. The fourth-order valence-electron chi connectivity index (χ4n) is 3.76. The summed E-state index contributed by atoms with van der Waals surface area (Å²) in [5.74, 6) is 0.880. The third-order valence-electron chi connectivity index (χ3n) is 5.08. The van der Waals surface area contributed by atoms with Crippen LogP contribution in [-0.4, -0.2) is 30.5 Å². The first kappa shape index (κ1) is 17.9. The van der Waals surface area contributed by atoms with Crippen molar-refractivity contribution in [2.24, 2.45) is 0 Å². The van der Waals surface area contributed by atoms with E-state index < -0.39 is 0 Å². The molecular weight excluding hydrogens is 358 g/mol. The van der Waals surface area contributed by atoms with Gasteiger partial charge >= 0.3 is 0 Å². The molecule has 1 atom stereocenters. The Morgan fingerprint density at radius 2 is 2.00 bits per heavy atom. The molecule has 1 fully saturated rings. The van der Waals surface area contributed by atoms with Gasteiger partial charge in [0.05, 0.1) is 36.6 Å². The van der Waals surface area contributed by atoms with E-state index in [1.807, 2.05) is 49.4 Å². The molecule has 4 rings (SSSR count). The van der Waals surface area contributed by atoms with Crippen LogP contribution in [0.15, 0.2) is 53.1 Å². The van der Waals surface area contributed by atoms with Crippen molar-refractivity contribution >= 4 is 17.2 Å². The van der Waals surface area contributed by atoms with E-state index in [1.165, 1.54) is 29.1 Å². The van der Waals surface area contributed by atoms with Crippen molar-refractivity contribution in [3.8, 4) is 11.3 Å². The van der Waals surface area contributed by atoms with Crippen LogP contribution in [-0.2, 0) is 0 Å². The zero-order valence-electron chi connectivity index (χ0n) is 15.4. The van der Waals surface area contributed by atoms with Crippen molar-refractivity contribution in [1.29, 1.82) is 0 Å². The van der Waals surface area contributed by atoms with Crippen molar-refractivity contribution < 1.29 is 14.1 Å². The number of quaternary nitrogens is 1. The van der Waals surface area contributed by atoms with Gasteiger partial charge in [0.25, 0.3) is 5.91 Å². The number of likely N-dealkylation sites (tertiary alicyclic amines) is 1. The predicted octanol–water partition coefficient (Wildman–Crippen LogP) is 2.86. The van der Waals surface area contributed by atoms with Crippen LogP contribution < -0.4 is 10.2 Å². The molecule has 0 saturated carbocycles. The fraction of sp³-hybridized carbons (Fsp3) is 0.333. The van der Waals surface area contributed by atoms with Crippen LogP contribution in [0, 0.1) is 6.92 Å². The molecule has 27 heavy (non-hydrogen) atoms. The second-order valence-corrected chi connectivity index (χ2v) is 8.12. The van der Waals surface area contributed by atoms with Gasteiger partial charge in [-0.3, -0.25) is 4.79 Å². The molecule has 5 nitrogen and oxygen atoms in total. The second-order valence-electron chi connectivity index (χ2n) is 6.92. The van der Waals surface area contributed by atoms with E-state index in [4.69, 9.17) is 4.42 Å². The maximum Gasteiger partial charge on any atom is 0.263 e. The van der Waals surface area contributed by atoms with Gasteiger partial charge in [-0.05, 0) is 19.1 Å². The van der Waals surface area contributed by atoms with Gasteiger partial charge in [-0.1, -0.05) is 30.3 Å². The Kier molecular flexibility index (Phi) is 5.36. The number of aryl methyl sites for hydroxylation is 1. The second kappa shape index (κ2) is 8.06. The molecule has 1 aromatic carbocycles. The van der Waals surface area contributed by atoms with E-state index in [2.05, 4.69) is 10.3 Å². The number of carbonyl (C=O) groups is 1. The SMILES string of the molecule is Cc1nc(-c2ccccc2)c(C(=O)NC[C@@H](c2ccco2)[NH+]2CCCC2)s1. The Balaban J connectivity index is 1.52. The Morgan fingerprint density at radius 1 is 1.22 bits per heavy atom. The Labute approximate surface area is 163 Å². The molecule has 0 radical (unpaired) electrons. The molecule has 0 spiro atoms. The molecule has 1 amide bonds. The minimum atomic E-state index is -0.0605. The van der Waals surface area contributed by atoms with Crippen LogP contribution in [0.5, 0.6) is 0 Å². The van der Waals surface area contributed by atoms with Crippen LogP contribution in [0.1, 0.15) is 39.3 Å². The first-order valence-corrected chi connectivity index (χ1v) is 10.2. The normalized spacial score (nSPS) is 15.7. The van der Waals surface area contributed by atoms with Crippen LogP contribution >= 0.6 is 11.3 Å². The number of thiazole rings is 1. The third kappa shape index (κ3) is 3.96. The lowest BCUT2D eigenvalue weighted by atomic mass is 10.1. The zero-order valence-corrected chi connectivity index (χ0v) is 16.2.